The van der Waals surface area contributed by atoms with Gasteiger partial charge in [-0.1, -0.05) is 6.42 Å². The second-order valence-corrected chi connectivity index (χ2v) is 6.15. The van der Waals surface area contributed by atoms with Crippen molar-refractivity contribution >= 4 is 24.1 Å². The van der Waals surface area contributed by atoms with E-state index >= 15 is 0 Å². The van der Waals surface area contributed by atoms with Crippen molar-refractivity contribution in [3.05, 3.63) is 0 Å². The number of nitrogens with two attached hydrogens (primary N) is 1. The number of carbonyl (C=O) groups excluding carboxylic acids is 3. The van der Waals surface area contributed by atoms with Gasteiger partial charge in [-0.05, 0) is 39.2 Å². The van der Waals surface area contributed by atoms with Crippen molar-refractivity contribution in [2.45, 2.75) is 51.1 Å². The minimum atomic E-state index is -0.608. The van der Waals surface area contributed by atoms with Crippen LogP contribution in [0.25, 0.3) is 0 Å². The SMILES string of the molecule is CCN(CC(=O)N[C@H](C=O)CCCNC(=N)N)C(=O)[C@H]1CCCCN1. The third-order valence-electron chi connectivity index (χ3n) is 4.15. The fraction of sp³-hybridized carbons (Fsp3) is 0.750. The molecule has 1 aliphatic heterocycles. The molecule has 2 atom stereocenters. The molecule has 0 saturated carbocycles. The first-order valence-electron chi connectivity index (χ1n) is 8.82. The molecule has 25 heavy (non-hydrogen) atoms. The maximum atomic E-state index is 12.5. The lowest BCUT2D eigenvalue weighted by atomic mass is 10.0. The van der Waals surface area contributed by atoms with Crippen molar-refractivity contribution in [1.29, 1.82) is 5.41 Å². The largest absolute Gasteiger partial charge is 0.370 e. The topological polar surface area (TPSA) is 140 Å². The summed E-state index contributed by atoms with van der Waals surface area (Å²) in [5.41, 5.74) is 5.17. The lowest BCUT2D eigenvalue weighted by Gasteiger charge is -2.29. The van der Waals surface area contributed by atoms with Gasteiger partial charge < -0.3 is 31.4 Å². The minimum absolute atomic E-state index is 0.0520. The summed E-state index contributed by atoms with van der Waals surface area (Å²) in [4.78, 5) is 37.2. The average Bonchev–Trinajstić information content (AvgIpc) is 2.62. The van der Waals surface area contributed by atoms with Crippen LogP contribution in [0.4, 0.5) is 0 Å². The van der Waals surface area contributed by atoms with Crippen LogP contribution in [0.15, 0.2) is 0 Å². The molecular weight excluding hydrogens is 324 g/mol. The molecular formula is C16H30N6O3. The molecule has 1 fully saturated rings. The molecule has 1 saturated heterocycles. The molecule has 0 aliphatic carbocycles. The van der Waals surface area contributed by atoms with Gasteiger partial charge in [0.05, 0.1) is 18.6 Å². The van der Waals surface area contributed by atoms with E-state index in [9.17, 15) is 14.4 Å². The number of rotatable bonds is 10. The zero-order valence-electron chi connectivity index (χ0n) is 14.8. The number of nitrogens with one attached hydrogen (secondary N) is 4. The standard InChI is InChI=1S/C16H30N6O3/c1-2-22(15(25)13-7-3-4-8-19-13)10-14(24)21-12(11-23)6-5-9-20-16(17)18/h11-13,19H,2-10H2,1H3,(H,21,24)(H4,17,18,20)/t12-,13+/m0/s1. The zero-order valence-corrected chi connectivity index (χ0v) is 14.8. The predicted octanol–water partition coefficient (Wildman–Crippen LogP) is -1.08. The summed E-state index contributed by atoms with van der Waals surface area (Å²) < 4.78 is 0. The number of hydrogen-bond acceptors (Lipinski definition) is 5. The van der Waals surface area contributed by atoms with Gasteiger partial charge in [-0.25, -0.2) is 0 Å². The molecule has 0 aromatic rings. The lowest BCUT2D eigenvalue weighted by molar-refractivity contribution is -0.138. The third kappa shape index (κ3) is 7.97. The molecule has 1 heterocycles. The van der Waals surface area contributed by atoms with E-state index < -0.39 is 6.04 Å². The van der Waals surface area contributed by atoms with Crippen molar-refractivity contribution in [2.24, 2.45) is 5.73 Å². The summed E-state index contributed by atoms with van der Waals surface area (Å²) in [6.45, 7) is 3.51. The molecule has 2 amide bonds. The van der Waals surface area contributed by atoms with E-state index in [1.54, 1.807) is 0 Å². The van der Waals surface area contributed by atoms with Gasteiger partial charge in [0.25, 0.3) is 0 Å². The Morgan fingerprint density at radius 2 is 2.20 bits per heavy atom. The van der Waals surface area contributed by atoms with Crippen LogP contribution in [0.2, 0.25) is 0 Å². The Morgan fingerprint density at radius 3 is 2.76 bits per heavy atom. The molecule has 0 aromatic heterocycles. The molecule has 0 spiro atoms. The highest BCUT2D eigenvalue weighted by Gasteiger charge is 2.26. The molecule has 0 bridgehead atoms. The van der Waals surface area contributed by atoms with Crippen molar-refractivity contribution in [3.8, 4) is 0 Å². The lowest BCUT2D eigenvalue weighted by Crippen LogP contribution is -2.52. The zero-order chi connectivity index (χ0) is 18.7. The molecule has 0 aromatic carbocycles. The van der Waals surface area contributed by atoms with Gasteiger partial charge in [0.15, 0.2) is 5.96 Å². The Labute approximate surface area is 148 Å². The first-order valence-corrected chi connectivity index (χ1v) is 8.82. The summed E-state index contributed by atoms with van der Waals surface area (Å²) in [5.74, 6) is -0.534. The van der Waals surface area contributed by atoms with Crippen molar-refractivity contribution in [1.82, 2.24) is 20.9 Å². The van der Waals surface area contributed by atoms with Gasteiger partial charge in [0, 0.05) is 13.1 Å². The molecule has 9 heteroatoms. The monoisotopic (exact) mass is 354 g/mol. The van der Waals surface area contributed by atoms with Crippen LogP contribution < -0.4 is 21.7 Å². The van der Waals surface area contributed by atoms with Gasteiger partial charge in [-0.15, -0.1) is 0 Å². The summed E-state index contributed by atoms with van der Waals surface area (Å²) in [6, 6.07) is -0.830. The number of hydrogen-bond donors (Lipinski definition) is 5. The fourth-order valence-electron chi connectivity index (χ4n) is 2.77. The first-order chi connectivity index (χ1) is 12.0. The van der Waals surface area contributed by atoms with Crippen LogP contribution >= 0.6 is 0 Å². The predicted molar refractivity (Wildman–Crippen MR) is 95.0 cm³/mol. The molecule has 1 aliphatic rings. The summed E-state index contributed by atoms with van der Waals surface area (Å²) in [5, 5.41) is 15.5. The van der Waals surface area contributed by atoms with E-state index in [0.717, 1.165) is 25.8 Å². The van der Waals surface area contributed by atoms with Gasteiger partial charge in [0.2, 0.25) is 11.8 Å². The van der Waals surface area contributed by atoms with E-state index in [2.05, 4.69) is 16.0 Å². The van der Waals surface area contributed by atoms with Crippen LogP contribution in [0.1, 0.15) is 39.0 Å². The number of aldehydes is 1. The summed E-state index contributed by atoms with van der Waals surface area (Å²) >= 11 is 0. The van der Waals surface area contributed by atoms with Gasteiger partial charge in [-0.2, -0.15) is 0 Å². The van der Waals surface area contributed by atoms with Crippen molar-refractivity contribution in [2.75, 3.05) is 26.2 Å². The Balaban J connectivity index is 2.41. The van der Waals surface area contributed by atoms with E-state index in [0.29, 0.717) is 32.2 Å². The van der Waals surface area contributed by atoms with Crippen LogP contribution in [0.5, 0.6) is 0 Å². The maximum absolute atomic E-state index is 12.5. The molecule has 142 valence electrons. The number of amides is 2. The van der Waals surface area contributed by atoms with Gasteiger partial charge in [0.1, 0.15) is 6.29 Å². The highest BCUT2D eigenvalue weighted by molar-refractivity contribution is 5.88. The number of carbonyl (C=O) groups is 3. The number of likely N-dealkylation sites (N-methyl/N-ethyl adjacent to an activating group) is 1. The normalized spacial score (nSPS) is 18.0. The van der Waals surface area contributed by atoms with Gasteiger partial charge in [-0.3, -0.25) is 15.0 Å². The van der Waals surface area contributed by atoms with Crippen molar-refractivity contribution in [3.63, 3.8) is 0 Å². The van der Waals surface area contributed by atoms with Gasteiger partial charge >= 0.3 is 0 Å². The molecule has 6 N–H and O–H groups in total. The van der Waals surface area contributed by atoms with Crippen LogP contribution in [-0.4, -0.2) is 67.2 Å². The Hall–Kier alpha value is -2.16. The maximum Gasteiger partial charge on any atom is 0.240 e. The Bertz CT molecular complexity index is 465. The second kappa shape index (κ2) is 11.4. The minimum Gasteiger partial charge on any atom is -0.370 e. The molecule has 1 rings (SSSR count). The number of nitrogens with zero attached hydrogens (tertiary/aromatic N) is 1. The molecule has 0 unspecified atom stereocenters. The fourth-order valence-corrected chi connectivity index (χ4v) is 2.77. The quantitative estimate of drug-likeness (QED) is 0.146. The smallest absolute Gasteiger partial charge is 0.240 e. The third-order valence-corrected chi connectivity index (χ3v) is 4.15. The number of piperidine rings is 1. The van der Waals surface area contributed by atoms with E-state index in [-0.39, 0.29) is 30.4 Å². The first kappa shape index (κ1) is 20.9. The second-order valence-electron chi connectivity index (χ2n) is 6.15. The van der Waals surface area contributed by atoms with E-state index in [1.807, 2.05) is 6.92 Å². The Kier molecular flexibility index (Phi) is 9.53. The van der Waals surface area contributed by atoms with E-state index in [1.165, 1.54) is 4.90 Å². The van der Waals surface area contributed by atoms with Crippen LogP contribution in [0.3, 0.4) is 0 Å². The highest BCUT2D eigenvalue weighted by atomic mass is 16.2. The van der Waals surface area contributed by atoms with Crippen LogP contribution in [0, 0.1) is 5.41 Å². The molecule has 0 radical (unpaired) electrons. The summed E-state index contributed by atoms with van der Waals surface area (Å²) in [6.07, 6.45) is 4.58. The Morgan fingerprint density at radius 1 is 1.44 bits per heavy atom. The summed E-state index contributed by atoms with van der Waals surface area (Å²) in [7, 11) is 0. The van der Waals surface area contributed by atoms with Crippen LogP contribution in [-0.2, 0) is 14.4 Å². The highest BCUT2D eigenvalue weighted by Crippen LogP contribution is 2.09. The van der Waals surface area contributed by atoms with Crippen molar-refractivity contribution < 1.29 is 14.4 Å². The molecule has 9 nitrogen and oxygen atoms in total. The average molecular weight is 354 g/mol. The number of guanidine groups is 1. The van der Waals surface area contributed by atoms with E-state index in [4.69, 9.17) is 11.1 Å².